The zero-order valence-electron chi connectivity index (χ0n) is 15.6. The summed E-state index contributed by atoms with van der Waals surface area (Å²) in [6, 6.07) is 6.66. The number of amides is 1. The van der Waals surface area contributed by atoms with Gasteiger partial charge in [0.2, 0.25) is 0 Å². The second kappa shape index (κ2) is 9.04. The number of piperazine rings is 1. The average Bonchev–Trinajstić information content (AvgIpc) is 2.56. The molecule has 5 heteroatoms. The molecule has 0 spiro atoms. The van der Waals surface area contributed by atoms with E-state index in [0.29, 0.717) is 6.54 Å². The summed E-state index contributed by atoms with van der Waals surface area (Å²) in [6.45, 7) is 12.2. The summed E-state index contributed by atoms with van der Waals surface area (Å²) in [5.41, 5.74) is 2.56. The zero-order valence-corrected chi connectivity index (χ0v) is 15.6. The van der Waals surface area contributed by atoms with Gasteiger partial charge in [-0.05, 0) is 32.4 Å². The van der Waals surface area contributed by atoms with Crippen molar-refractivity contribution < 1.29 is 19.3 Å². The lowest BCUT2D eigenvalue weighted by Gasteiger charge is -2.30. The van der Waals surface area contributed by atoms with E-state index in [1.54, 1.807) is 12.0 Å². The highest BCUT2D eigenvalue weighted by Crippen LogP contribution is 2.18. The number of carbonyl (C=O) groups is 1. The lowest BCUT2D eigenvalue weighted by molar-refractivity contribution is -1.02. The molecule has 0 bridgehead atoms. The minimum atomic E-state index is 0.183. The van der Waals surface area contributed by atoms with Crippen molar-refractivity contribution in [1.82, 2.24) is 5.32 Å². The van der Waals surface area contributed by atoms with Gasteiger partial charge in [-0.25, -0.2) is 0 Å². The van der Waals surface area contributed by atoms with E-state index in [2.05, 4.69) is 44.3 Å². The quantitative estimate of drug-likeness (QED) is 0.611. The molecule has 3 N–H and O–H groups in total. The number of carbonyl (C=O) groups excluding carboxylic acids is 1. The van der Waals surface area contributed by atoms with E-state index in [9.17, 15) is 4.79 Å². The molecule has 1 aromatic carbocycles. The summed E-state index contributed by atoms with van der Waals surface area (Å²) in [4.78, 5) is 15.0. The van der Waals surface area contributed by atoms with E-state index in [1.807, 2.05) is 0 Å². The molecule has 1 amide bonds. The third-order valence-corrected chi connectivity index (χ3v) is 4.97. The summed E-state index contributed by atoms with van der Waals surface area (Å²) >= 11 is 0. The Hall–Kier alpha value is -1.59. The predicted octanol–water partition coefficient (Wildman–Crippen LogP) is -0.798. The number of methoxy groups -OCH3 is 1. The SMILES string of the molecule is CC[C@H](C)NC(=O)C[NH+]1CC[NH+](Cc2cc(C)ccc2OC)CC1. The van der Waals surface area contributed by atoms with Crippen LogP contribution in [-0.2, 0) is 11.3 Å². The summed E-state index contributed by atoms with van der Waals surface area (Å²) in [5, 5.41) is 3.07. The molecule has 5 nitrogen and oxygen atoms in total. The highest BCUT2D eigenvalue weighted by molar-refractivity contribution is 5.77. The zero-order chi connectivity index (χ0) is 17.5. The van der Waals surface area contributed by atoms with Crippen LogP contribution in [0.25, 0.3) is 0 Å². The highest BCUT2D eigenvalue weighted by atomic mass is 16.5. The lowest BCUT2D eigenvalue weighted by Crippen LogP contribution is -3.28. The average molecular weight is 335 g/mol. The summed E-state index contributed by atoms with van der Waals surface area (Å²) in [5.74, 6) is 1.17. The third kappa shape index (κ3) is 5.49. The predicted molar refractivity (Wildman–Crippen MR) is 95.6 cm³/mol. The van der Waals surface area contributed by atoms with Gasteiger partial charge in [0.25, 0.3) is 5.91 Å². The monoisotopic (exact) mass is 335 g/mol. The van der Waals surface area contributed by atoms with Crippen LogP contribution in [0.5, 0.6) is 5.75 Å². The van der Waals surface area contributed by atoms with Gasteiger partial charge >= 0.3 is 0 Å². The Bertz CT molecular complexity index is 539. The number of hydrogen-bond donors (Lipinski definition) is 3. The van der Waals surface area contributed by atoms with E-state index in [1.165, 1.54) is 16.0 Å². The summed E-state index contributed by atoms with van der Waals surface area (Å²) in [6.07, 6.45) is 0.983. The minimum absolute atomic E-state index is 0.183. The molecule has 0 saturated carbocycles. The Kier molecular flexibility index (Phi) is 7.06. The third-order valence-electron chi connectivity index (χ3n) is 4.97. The van der Waals surface area contributed by atoms with Crippen LogP contribution in [0.15, 0.2) is 18.2 Å². The number of quaternary nitrogens is 2. The van der Waals surface area contributed by atoms with Crippen molar-refractivity contribution in [2.45, 2.75) is 39.8 Å². The van der Waals surface area contributed by atoms with Gasteiger partial charge < -0.3 is 19.9 Å². The van der Waals surface area contributed by atoms with E-state index in [-0.39, 0.29) is 11.9 Å². The molecule has 1 aromatic rings. The molecule has 1 fully saturated rings. The molecule has 24 heavy (non-hydrogen) atoms. The molecule has 1 heterocycles. The van der Waals surface area contributed by atoms with Gasteiger partial charge in [0.15, 0.2) is 6.54 Å². The van der Waals surface area contributed by atoms with Crippen LogP contribution in [0.2, 0.25) is 0 Å². The van der Waals surface area contributed by atoms with Crippen molar-refractivity contribution in [3.05, 3.63) is 29.3 Å². The maximum atomic E-state index is 12.0. The highest BCUT2D eigenvalue weighted by Gasteiger charge is 2.25. The maximum absolute atomic E-state index is 12.0. The van der Waals surface area contributed by atoms with Crippen LogP contribution >= 0.6 is 0 Å². The van der Waals surface area contributed by atoms with Crippen LogP contribution in [0.4, 0.5) is 0 Å². The Morgan fingerprint density at radius 3 is 2.54 bits per heavy atom. The minimum Gasteiger partial charge on any atom is -0.496 e. The number of aryl methyl sites for hydroxylation is 1. The maximum Gasteiger partial charge on any atom is 0.275 e. The second-order valence-corrected chi connectivity index (χ2v) is 7.05. The summed E-state index contributed by atoms with van der Waals surface area (Å²) < 4.78 is 5.49. The van der Waals surface area contributed by atoms with Crippen molar-refractivity contribution in [1.29, 1.82) is 0 Å². The fourth-order valence-electron chi connectivity index (χ4n) is 3.28. The molecule has 0 unspecified atom stereocenters. The Balaban J connectivity index is 1.81. The van der Waals surface area contributed by atoms with Gasteiger partial charge in [-0.15, -0.1) is 0 Å². The first-order chi connectivity index (χ1) is 11.5. The molecule has 0 radical (unpaired) electrons. The van der Waals surface area contributed by atoms with Crippen LogP contribution in [0.3, 0.4) is 0 Å². The normalized spacial score (nSPS) is 22.0. The molecule has 1 aliphatic heterocycles. The molecule has 1 saturated heterocycles. The van der Waals surface area contributed by atoms with Crippen molar-refractivity contribution in [2.24, 2.45) is 0 Å². The molecule has 1 aliphatic rings. The first kappa shape index (κ1) is 18.7. The summed E-state index contributed by atoms with van der Waals surface area (Å²) in [7, 11) is 1.74. The Labute approximate surface area is 146 Å². The first-order valence-corrected chi connectivity index (χ1v) is 9.11. The van der Waals surface area contributed by atoms with Crippen LogP contribution in [-0.4, -0.2) is 51.8 Å². The van der Waals surface area contributed by atoms with Crippen molar-refractivity contribution in [3.63, 3.8) is 0 Å². The fraction of sp³-hybridized carbons (Fsp3) is 0.632. The van der Waals surface area contributed by atoms with Crippen molar-refractivity contribution in [2.75, 3.05) is 39.8 Å². The number of nitrogens with one attached hydrogen (secondary N) is 3. The molecule has 2 rings (SSSR count). The number of hydrogen-bond acceptors (Lipinski definition) is 2. The topological polar surface area (TPSA) is 47.2 Å². The van der Waals surface area contributed by atoms with E-state index in [0.717, 1.165) is 44.9 Å². The Morgan fingerprint density at radius 2 is 1.92 bits per heavy atom. The smallest absolute Gasteiger partial charge is 0.275 e. The van der Waals surface area contributed by atoms with Crippen LogP contribution in [0.1, 0.15) is 31.4 Å². The van der Waals surface area contributed by atoms with Gasteiger partial charge in [0.05, 0.1) is 7.11 Å². The van der Waals surface area contributed by atoms with Crippen LogP contribution < -0.4 is 19.9 Å². The van der Waals surface area contributed by atoms with Crippen molar-refractivity contribution >= 4 is 5.91 Å². The van der Waals surface area contributed by atoms with E-state index < -0.39 is 0 Å². The molecule has 0 aliphatic carbocycles. The molecule has 0 aromatic heterocycles. The Morgan fingerprint density at radius 1 is 1.25 bits per heavy atom. The van der Waals surface area contributed by atoms with E-state index in [4.69, 9.17) is 4.74 Å². The standard InChI is InChI=1S/C19H31N3O2/c1-5-16(3)20-19(23)14-22-10-8-21(9-11-22)13-17-12-15(2)6-7-18(17)24-4/h6-7,12,16H,5,8-11,13-14H2,1-4H3,(H,20,23)/p+2/t16-/m0/s1. The van der Waals surface area contributed by atoms with Crippen molar-refractivity contribution in [3.8, 4) is 5.75 Å². The number of benzene rings is 1. The largest absolute Gasteiger partial charge is 0.496 e. The van der Waals surface area contributed by atoms with E-state index >= 15 is 0 Å². The van der Waals surface area contributed by atoms with Gasteiger partial charge in [-0.3, -0.25) is 4.79 Å². The first-order valence-electron chi connectivity index (χ1n) is 9.11. The number of rotatable bonds is 7. The number of ether oxygens (including phenoxy) is 1. The second-order valence-electron chi connectivity index (χ2n) is 7.05. The van der Waals surface area contributed by atoms with Gasteiger partial charge in [-0.2, -0.15) is 0 Å². The molecule has 134 valence electrons. The van der Waals surface area contributed by atoms with Gasteiger partial charge in [0.1, 0.15) is 38.5 Å². The fourth-order valence-corrected chi connectivity index (χ4v) is 3.28. The lowest BCUT2D eigenvalue weighted by atomic mass is 10.1. The molecule has 1 atom stereocenters. The van der Waals surface area contributed by atoms with Crippen LogP contribution in [0, 0.1) is 6.92 Å². The van der Waals surface area contributed by atoms with Gasteiger partial charge in [-0.1, -0.05) is 18.6 Å². The molecular formula is C19H33N3O2+2. The van der Waals surface area contributed by atoms with Gasteiger partial charge in [0, 0.05) is 11.6 Å². The molecular weight excluding hydrogens is 302 g/mol.